The lowest BCUT2D eigenvalue weighted by atomic mass is 10.0. The van der Waals surface area contributed by atoms with E-state index in [2.05, 4.69) is 6.07 Å². The van der Waals surface area contributed by atoms with Gasteiger partial charge in [-0.15, -0.1) is 0 Å². The van der Waals surface area contributed by atoms with E-state index in [1.54, 1.807) is 0 Å². The van der Waals surface area contributed by atoms with E-state index in [4.69, 9.17) is 9.11 Å². The smallest absolute Gasteiger partial charge is 0.294 e. The first-order valence-corrected chi connectivity index (χ1v) is 9.02. The summed E-state index contributed by atoms with van der Waals surface area (Å²) in [4.78, 5) is -0.739. The molecule has 0 aliphatic heterocycles. The van der Waals surface area contributed by atoms with Crippen LogP contribution in [0.3, 0.4) is 0 Å². The van der Waals surface area contributed by atoms with E-state index < -0.39 is 26.0 Å². The van der Waals surface area contributed by atoms with Gasteiger partial charge in [-0.25, -0.2) is 0 Å². The zero-order valence-corrected chi connectivity index (χ0v) is 12.9. The Morgan fingerprint density at radius 1 is 0.739 bits per heavy atom. The molecule has 0 aromatic heterocycles. The zero-order valence-electron chi connectivity index (χ0n) is 11.3. The molecule has 1 radical (unpaired) electrons. The van der Waals surface area contributed by atoms with Gasteiger partial charge in [-0.2, -0.15) is 16.8 Å². The lowest BCUT2D eigenvalue weighted by Crippen LogP contribution is -1.98. The van der Waals surface area contributed by atoms with Crippen LogP contribution >= 0.6 is 0 Å². The SMILES string of the molecule is O=S(=O)(O)c1ccc2c([c]c(O)c3cc(S(=O)(=O)O)ccc32)c1. The maximum Gasteiger partial charge on any atom is 0.294 e. The van der Waals surface area contributed by atoms with Crippen LogP contribution in [0.15, 0.2) is 46.2 Å². The third kappa shape index (κ3) is 2.75. The normalized spacial score (nSPS) is 12.8. The summed E-state index contributed by atoms with van der Waals surface area (Å²) in [6.07, 6.45) is 0. The number of benzene rings is 3. The van der Waals surface area contributed by atoms with Gasteiger partial charge in [-0.3, -0.25) is 9.11 Å². The van der Waals surface area contributed by atoms with Gasteiger partial charge in [0.05, 0.1) is 9.79 Å². The average molecular weight is 353 g/mol. The van der Waals surface area contributed by atoms with Crippen molar-refractivity contribution in [1.29, 1.82) is 0 Å². The minimum absolute atomic E-state index is 0.132. The number of hydrogen-bond donors (Lipinski definition) is 3. The number of phenols is 1. The van der Waals surface area contributed by atoms with Crippen LogP contribution in [-0.2, 0) is 20.2 Å². The first-order chi connectivity index (χ1) is 10.6. The van der Waals surface area contributed by atoms with Crippen molar-refractivity contribution in [2.45, 2.75) is 9.79 Å². The Labute approximate surface area is 131 Å². The third-order valence-corrected chi connectivity index (χ3v) is 5.08. The molecule has 0 aliphatic carbocycles. The Balaban J connectivity index is 2.41. The molecule has 0 spiro atoms. The highest BCUT2D eigenvalue weighted by Crippen LogP contribution is 2.34. The highest BCUT2D eigenvalue weighted by atomic mass is 32.2. The zero-order chi connectivity index (χ0) is 17.0. The number of fused-ring (bicyclic) bond motifs is 3. The summed E-state index contributed by atoms with van der Waals surface area (Å²) in [6.45, 7) is 0. The summed E-state index contributed by atoms with van der Waals surface area (Å²) in [5, 5.41) is 11.3. The van der Waals surface area contributed by atoms with E-state index in [9.17, 15) is 21.9 Å². The minimum atomic E-state index is -4.43. The molecule has 3 aromatic carbocycles. The molecule has 3 aromatic rings. The van der Waals surface area contributed by atoms with Gasteiger partial charge < -0.3 is 5.11 Å². The standard InChI is InChI=1S/C14H9O7S2/c15-14-6-8-5-9(22(16,17)18)1-3-11(8)12-4-2-10(7-13(12)14)23(19,20)21/h1-5,7,15H,(H,16,17,18)(H,19,20,21). The van der Waals surface area contributed by atoms with E-state index in [-0.39, 0.29) is 20.6 Å². The van der Waals surface area contributed by atoms with Crippen LogP contribution in [0, 0.1) is 6.07 Å². The molecule has 0 atom stereocenters. The molecule has 0 fully saturated rings. The number of hydrogen-bond acceptors (Lipinski definition) is 5. The molecule has 0 amide bonds. The fraction of sp³-hybridized carbons (Fsp3) is 0. The molecule has 0 bridgehead atoms. The van der Waals surface area contributed by atoms with Gasteiger partial charge in [0.25, 0.3) is 20.2 Å². The summed E-state index contributed by atoms with van der Waals surface area (Å²) in [5.74, 6) is -0.412. The minimum Gasteiger partial charge on any atom is -0.507 e. The second-order valence-corrected chi connectivity index (χ2v) is 7.68. The predicted molar refractivity (Wildman–Crippen MR) is 81.6 cm³/mol. The van der Waals surface area contributed by atoms with Gasteiger partial charge in [0.2, 0.25) is 0 Å². The first kappa shape index (κ1) is 15.7. The predicted octanol–water partition coefficient (Wildman–Crippen LogP) is 1.99. The second-order valence-electron chi connectivity index (χ2n) is 4.84. The first-order valence-electron chi connectivity index (χ1n) is 6.14. The second kappa shape index (κ2) is 4.90. The fourth-order valence-corrected chi connectivity index (χ4v) is 3.35. The molecular formula is C14H9O7S2. The Morgan fingerprint density at radius 2 is 1.26 bits per heavy atom. The number of phenolic OH excluding ortho intramolecular Hbond substituents is 1. The Morgan fingerprint density at radius 3 is 1.83 bits per heavy atom. The fourth-order valence-electron chi connectivity index (χ4n) is 2.33. The van der Waals surface area contributed by atoms with Gasteiger partial charge in [-0.05, 0) is 40.4 Å². The van der Waals surface area contributed by atoms with Gasteiger partial charge >= 0.3 is 0 Å². The molecule has 0 saturated heterocycles. The molecule has 7 nitrogen and oxygen atoms in total. The van der Waals surface area contributed by atoms with Gasteiger partial charge in [-0.1, -0.05) is 12.1 Å². The van der Waals surface area contributed by atoms with Crippen LogP contribution < -0.4 is 0 Å². The van der Waals surface area contributed by atoms with Crippen LogP contribution in [-0.4, -0.2) is 31.0 Å². The Kier molecular flexibility index (Phi) is 3.34. The van der Waals surface area contributed by atoms with Crippen LogP contribution in [0.5, 0.6) is 5.75 Å². The van der Waals surface area contributed by atoms with E-state index in [1.165, 1.54) is 18.2 Å². The molecule has 119 valence electrons. The van der Waals surface area contributed by atoms with Crippen molar-refractivity contribution in [2.24, 2.45) is 0 Å². The molecule has 23 heavy (non-hydrogen) atoms. The van der Waals surface area contributed by atoms with Gasteiger partial charge in [0, 0.05) is 11.5 Å². The lowest BCUT2D eigenvalue weighted by molar-refractivity contribution is 0.479. The van der Waals surface area contributed by atoms with E-state index in [0.717, 1.165) is 18.2 Å². The van der Waals surface area contributed by atoms with Crippen molar-refractivity contribution in [3.8, 4) is 5.75 Å². The van der Waals surface area contributed by atoms with Crippen molar-refractivity contribution < 1.29 is 31.0 Å². The summed E-state index contributed by atoms with van der Waals surface area (Å²) in [5.41, 5.74) is 0. The quantitative estimate of drug-likeness (QED) is 0.474. The molecule has 0 heterocycles. The van der Waals surface area contributed by atoms with E-state index in [0.29, 0.717) is 10.8 Å². The molecular weight excluding hydrogens is 344 g/mol. The van der Waals surface area contributed by atoms with Crippen LogP contribution in [0.25, 0.3) is 21.5 Å². The summed E-state index contributed by atoms with van der Waals surface area (Å²) < 4.78 is 62.8. The van der Waals surface area contributed by atoms with Crippen molar-refractivity contribution in [1.82, 2.24) is 0 Å². The Hall–Kier alpha value is -2.20. The summed E-state index contributed by atoms with van der Waals surface area (Å²) in [7, 11) is -8.83. The number of rotatable bonds is 2. The van der Waals surface area contributed by atoms with Gasteiger partial charge in [0.1, 0.15) is 5.75 Å². The van der Waals surface area contributed by atoms with E-state index >= 15 is 0 Å². The molecule has 9 heteroatoms. The lowest BCUT2D eigenvalue weighted by Gasteiger charge is -2.08. The maximum absolute atomic E-state index is 11.2. The largest absolute Gasteiger partial charge is 0.507 e. The van der Waals surface area contributed by atoms with Crippen LogP contribution in [0.2, 0.25) is 0 Å². The van der Waals surface area contributed by atoms with Gasteiger partial charge in [0.15, 0.2) is 0 Å². The van der Waals surface area contributed by atoms with E-state index in [1.807, 2.05) is 0 Å². The monoisotopic (exact) mass is 353 g/mol. The molecule has 0 unspecified atom stereocenters. The van der Waals surface area contributed by atoms with Crippen molar-refractivity contribution in [3.63, 3.8) is 0 Å². The highest BCUT2D eigenvalue weighted by molar-refractivity contribution is 7.86. The molecule has 0 saturated carbocycles. The van der Waals surface area contributed by atoms with Crippen LogP contribution in [0.4, 0.5) is 0 Å². The number of aromatic hydroxyl groups is 1. The van der Waals surface area contributed by atoms with Crippen molar-refractivity contribution in [2.75, 3.05) is 0 Å². The maximum atomic E-state index is 11.2. The van der Waals surface area contributed by atoms with Crippen molar-refractivity contribution >= 4 is 41.8 Å². The Bertz CT molecular complexity index is 1160. The topological polar surface area (TPSA) is 129 Å². The molecule has 3 rings (SSSR count). The average Bonchev–Trinajstić information content (AvgIpc) is 2.44. The highest BCUT2D eigenvalue weighted by Gasteiger charge is 2.15. The summed E-state index contributed by atoms with van der Waals surface area (Å²) in [6, 6.07) is 9.88. The van der Waals surface area contributed by atoms with Crippen LogP contribution in [0.1, 0.15) is 0 Å². The molecule has 3 N–H and O–H groups in total. The summed E-state index contributed by atoms with van der Waals surface area (Å²) >= 11 is 0. The molecule has 0 aliphatic rings. The third-order valence-electron chi connectivity index (χ3n) is 3.38. The van der Waals surface area contributed by atoms with Crippen molar-refractivity contribution in [3.05, 3.63) is 42.5 Å².